The first-order chi connectivity index (χ1) is 7.43. The van der Waals surface area contributed by atoms with Gasteiger partial charge in [0.2, 0.25) is 0 Å². The summed E-state index contributed by atoms with van der Waals surface area (Å²) in [6.45, 7) is 0. The van der Waals surface area contributed by atoms with E-state index in [0.29, 0.717) is 5.56 Å². The van der Waals surface area contributed by atoms with Crippen LogP contribution in [-0.2, 0) is 16.0 Å². The third-order valence-electron chi connectivity index (χ3n) is 2.07. The van der Waals surface area contributed by atoms with Crippen LogP contribution in [0.25, 0.3) is 0 Å². The second-order valence-electron chi connectivity index (χ2n) is 3.13. The van der Waals surface area contributed by atoms with Crippen molar-refractivity contribution in [3.63, 3.8) is 0 Å². The number of carboxylic acid groups (broad SMARTS) is 2. The molecule has 0 heterocycles. The van der Waals surface area contributed by atoms with E-state index in [1.165, 1.54) is 12.1 Å². The molecule has 0 saturated carbocycles. The Labute approximate surface area is 101 Å². The van der Waals surface area contributed by atoms with Crippen LogP contribution in [0.4, 0.5) is 0 Å². The minimum absolute atomic E-state index is 0.233. The summed E-state index contributed by atoms with van der Waals surface area (Å²) in [5.41, 5.74) is 0.334. The van der Waals surface area contributed by atoms with E-state index in [9.17, 15) is 9.59 Å². The van der Waals surface area contributed by atoms with Crippen LogP contribution in [0.3, 0.4) is 0 Å². The summed E-state index contributed by atoms with van der Waals surface area (Å²) in [7, 11) is 0. The Morgan fingerprint density at radius 2 is 1.56 bits per heavy atom. The largest absolute Gasteiger partial charge is 0.481 e. The second kappa shape index (κ2) is 5.18. The summed E-state index contributed by atoms with van der Waals surface area (Å²) in [5, 5.41) is 18.0. The highest BCUT2D eigenvalue weighted by Crippen LogP contribution is 2.27. The van der Waals surface area contributed by atoms with Gasteiger partial charge in [0.1, 0.15) is 0 Å². The molecule has 0 fully saturated rings. The average molecular weight is 263 g/mol. The van der Waals surface area contributed by atoms with E-state index in [1.807, 2.05) is 0 Å². The number of carboxylic acids is 2. The van der Waals surface area contributed by atoms with Crippen molar-refractivity contribution in [2.24, 2.45) is 5.92 Å². The molecule has 0 unspecified atom stereocenters. The molecule has 0 radical (unpaired) electrons. The maximum Gasteiger partial charge on any atom is 0.318 e. The molecule has 0 amide bonds. The van der Waals surface area contributed by atoms with Gasteiger partial charge in [0.15, 0.2) is 5.92 Å². The number of rotatable bonds is 4. The lowest BCUT2D eigenvalue weighted by Crippen LogP contribution is -2.25. The third kappa shape index (κ3) is 2.87. The van der Waals surface area contributed by atoms with Crippen LogP contribution in [0.2, 0.25) is 10.0 Å². The number of benzene rings is 1. The van der Waals surface area contributed by atoms with E-state index in [0.717, 1.165) is 0 Å². The number of hydrogen-bond donors (Lipinski definition) is 2. The third-order valence-corrected chi connectivity index (χ3v) is 2.77. The Hall–Kier alpha value is -1.26. The summed E-state index contributed by atoms with van der Waals surface area (Å²) in [6.07, 6.45) is -0.233. The Kier molecular flexibility index (Phi) is 4.15. The normalized spacial score (nSPS) is 10.4. The first-order valence-corrected chi connectivity index (χ1v) is 5.07. The molecule has 0 spiro atoms. The van der Waals surface area contributed by atoms with Crippen molar-refractivity contribution in [1.82, 2.24) is 0 Å². The van der Waals surface area contributed by atoms with Crippen molar-refractivity contribution in [3.8, 4) is 0 Å². The van der Waals surface area contributed by atoms with Gasteiger partial charge in [-0.25, -0.2) is 0 Å². The van der Waals surface area contributed by atoms with Gasteiger partial charge in [-0.3, -0.25) is 9.59 Å². The molecule has 0 bridgehead atoms. The highest BCUT2D eigenvalue weighted by Gasteiger charge is 2.27. The lowest BCUT2D eigenvalue weighted by molar-refractivity contribution is -0.154. The molecule has 86 valence electrons. The van der Waals surface area contributed by atoms with Crippen LogP contribution in [0, 0.1) is 5.92 Å². The van der Waals surface area contributed by atoms with Crippen LogP contribution in [0.15, 0.2) is 18.2 Å². The van der Waals surface area contributed by atoms with Crippen LogP contribution < -0.4 is 0 Å². The summed E-state index contributed by atoms with van der Waals surface area (Å²) in [6, 6.07) is 4.66. The molecule has 6 heteroatoms. The number of hydrogen-bond acceptors (Lipinski definition) is 2. The number of aliphatic carboxylic acids is 2. The predicted octanol–water partition coefficient (Wildman–Crippen LogP) is 2.32. The highest BCUT2D eigenvalue weighted by molar-refractivity contribution is 6.36. The maximum absolute atomic E-state index is 10.7. The minimum atomic E-state index is -1.54. The molecule has 0 aromatic heterocycles. The maximum atomic E-state index is 10.7. The molecule has 4 nitrogen and oxygen atoms in total. The van der Waals surface area contributed by atoms with Crippen molar-refractivity contribution in [2.75, 3.05) is 0 Å². The molecule has 2 N–H and O–H groups in total. The lowest BCUT2D eigenvalue weighted by atomic mass is 9.99. The van der Waals surface area contributed by atoms with Crippen molar-refractivity contribution >= 4 is 35.1 Å². The van der Waals surface area contributed by atoms with Crippen molar-refractivity contribution in [3.05, 3.63) is 33.8 Å². The fourth-order valence-corrected chi connectivity index (χ4v) is 1.76. The number of halogens is 2. The standard InChI is InChI=1S/C10H8Cl2O4/c11-7-2-1-3-8(12)5(7)4-6(9(13)14)10(15)16/h1-3,6H,4H2,(H,13,14)(H,15,16). The summed E-state index contributed by atoms with van der Waals surface area (Å²) >= 11 is 11.6. The van der Waals surface area contributed by atoms with E-state index in [4.69, 9.17) is 33.4 Å². The molecule has 0 atom stereocenters. The van der Waals surface area contributed by atoms with E-state index in [1.54, 1.807) is 6.07 Å². The van der Waals surface area contributed by atoms with Gasteiger partial charge in [0.25, 0.3) is 0 Å². The van der Waals surface area contributed by atoms with Gasteiger partial charge in [-0.1, -0.05) is 29.3 Å². The fourth-order valence-electron chi connectivity index (χ4n) is 1.21. The first-order valence-electron chi connectivity index (χ1n) is 4.32. The van der Waals surface area contributed by atoms with Gasteiger partial charge in [-0.15, -0.1) is 0 Å². The van der Waals surface area contributed by atoms with E-state index in [-0.39, 0.29) is 16.5 Å². The molecular formula is C10H8Cl2O4. The van der Waals surface area contributed by atoms with E-state index < -0.39 is 17.9 Å². The van der Waals surface area contributed by atoms with E-state index >= 15 is 0 Å². The topological polar surface area (TPSA) is 74.6 Å². The molecular weight excluding hydrogens is 255 g/mol. The lowest BCUT2D eigenvalue weighted by Gasteiger charge is -2.10. The molecule has 0 aliphatic heterocycles. The molecule has 0 aliphatic carbocycles. The summed E-state index contributed by atoms with van der Waals surface area (Å²) in [5.74, 6) is -4.37. The van der Waals surface area contributed by atoms with E-state index in [2.05, 4.69) is 0 Å². The molecule has 1 aromatic carbocycles. The monoisotopic (exact) mass is 262 g/mol. The molecule has 16 heavy (non-hydrogen) atoms. The zero-order valence-corrected chi connectivity index (χ0v) is 9.50. The van der Waals surface area contributed by atoms with Crippen molar-refractivity contribution in [2.45, 2.75) is 6.42 Å². The molecule has 1 aromatic rings. The van der Waals surface area contributed by atoms with Gasteiger partial charge in [0.05, 0.1) is 0 Å². The minimum Gasteiger partial charge on any atom is -0.481 e. The Morgan fingerprint density at radius 1 is 1.12 bits per heavy atom. The number of carbonyl (C=O) groups is 2. The van der Waals surface area contributed by atoms with Gasteiger partial charge in [-0.05, 0) is 24.1 Å². The first kappa shape index (κ1) is 12.8. The predicted molar refractivity (Wildman–Crippen MR) is 58.9 cm³/mol. The fraction of sp³-hybridized carbons (Fsp3) is 0.200. The van der Waals surface area contributed by atoms with Crippen LogP contribution in [0.1, 0.15) is 5.56 Å². The summed E-state index contributed by atoms with van der Waals surface area (Å²) < 4.78 is 0. The molecule has 0 saturated heterocycles. The van der Waals surface area contributed by atoms with Gasteiger partial charge in [-0.2, -0.15) is 0 Å². The second-order valence-corrected chi connectivity index (χ2v) is 3.95. The van der Waals surface area contributed by atoms with Crippen LogP contribution in [-0.4, -0.2) is 22.2 Å². The van der Waals surface area contributed by atoms with Crippen molar-refractivity contribution < 1.29 is 19.8 Å². The van der Waals surface area contributed by atoms with Crippen molar-refractivity contribution in [1.29, 1.82) is 0 Å². The smallest absolute Gasteiger partial charge is 0.318 e. The average Bonchev–Trinajstić information content (AvgIpc) is 2.15. The van der Waals surface area contributed by atoms with Gasteiger partial charge in [0, 0.05) is 10.0 Å². The SMILES string of the molecule is O=C(O)C(Cc1c(Cl)cccc1Cl)C(=O)O. The Bertz CT molecular complexity index is 397. The van der Waals surface area contributed by atoms with Gasteiger partial charge < -0.3 is 10.2 Å². The zero-order valence-electron chi connectivity index (χ0n) is 7.98. The Morgan fingerprint density at radius 3 is 1.94 bits per heavy atom. The highest BCUT2D eigenvalue weighted by atomic mass is 35.5. The quantitative estimate of drug-likeness (QED) is 0.817. The zero-order chi connectivity index (χ0) is 12.3. The van der Waals surface area contributed by atoms with Gasteiger partial charge >= 0.3 is 11.9 Å². The molecule has 0 aliphatic rings. The summed E-state index contributed by atoms with van der Waals surface area (Å²) in [4.78, 5) is 21.4. The Balaban J connectivity index is 3.03. The van der Waals surface area contributed by atoms with Crippen LogP contribution >= 0.6 is 23.2 Å². The molecule has 1 rings (SSSR count). The van der Waals surface area contributed by atoms with Crippen LogP contribution in [0.5, 0.6) is 0 Å².